The van der Waals surface area contributed by atoms with E-state index in [4.69, 9.17) is 25.7 Å². The molecule has 6 N–H and O–H groups in total. The quantitative estimate of drug-likeness (QED) is 0.254. The van der Waals surface area contributed by atoms with E-state index in [1.807, 2.05) is 0 Å². The predicted molar refractivity (Wildman–Crippen MR) is 34.7 cm³/mol. The molecule has 12 heavy (non-hydrogen) atoms. The summed E-state index contributed by atoms with van der Waals surface area (Å²) in [5.41, 5.74) is 4.75. The van der Waals surface area contributed by atoms with Crippen molar-refractivity contribution in [2.45, 2.75) is 12.3 Å². The second kappa shape index (κ2) is 3.94. The van der Waals surface area contributed by atoms with Crippen LogP contribution >= 0.6 is 7.82 Å². The SMILES string of the molecule is N[C@H](C(=O)O)[C@@H](O)OP(=O)(O)O. The van der Waals surface area contributed by atoms with Gasteiger partial charge in [-0.25, -0.2) is 4.57 Å². The highest BCUT2D eigenvalue weighted by atomic mass is 31.2. The maximum Gasteiger partial charge on any atom is 0.471 e. The van der Waals surface area contributed by atoms with Crippen LogP contribution in [0.4, 0.5) is 0 Å². The summed E-state index contributed by atoms with van der Waals surface area (Å²) in [7, 11) is -4.91. The molecular weight excluding hydrogens is 193 g/mol. The van der Waals surface area contributed by atoms with E-state index in [1.165, 1.54) is 0 Å². The molecule has 0 aromatic heterocycles. The van der Waals surface area contributed by atoms with Gasteiger partial charge in [0.1, 0.15) is 0 Å². The summed E-state index contributed by atoms with van der Waals surface area (Å²) < 4.78 is 13.6. The smallest absolute Gasteiger partial charge is 0.471 e. The van der Waals surface area contributed by atoms with Crippen LogP contribution in [0.3, 0.4) is 0 Å². The molecule has 0 heterocycles. The van der Waals surface area contributed by atoms with Crippen LogP contribution in [0.5, 0.6) is 0 Å². The van der Waals surface area contributed by atoms with Gasteiger partial charge in [0, 0.05) is 0 Å². The molecule has 0 aliphatic heterocycles. The molecule has 0 radical (unpaired) electrons. The molecule has 0 saturated heterocycles. The number of phosphoric acid groups is 1. The second-order valence-electron chi connectivity index (χ2n) is 1.85. The van der Waals surface area contributed by atoms with Gasteiger partial charge in [-0.1, -0.05) is 0 Å². The van der Waals surface area contributed by atoms with Crippen LogP contribution in [0, 0.1) is 0 Å². The molecule has 0 bridgehead atoms. The van der Waals surface area contributed by atoms with Gasteiger partial charge in [0.2, 0.25) is 0 Å². The van der Waals surface area contributed by atoms with Gasteiger partial charge in [-0.3, -0.25) is 9.32 Å². The summed E-state index contributed by atoms with van der Waals surface area (Å²) in [6.45, 7) is 0. The van der Waals surface area contributed by atoms with E-state index in [1.54, 1.807) is 0 Å². The number of phosphoric ester groups is 1. The maximum atomic E-state index is 10.0. The molecule has 0 aliphatic carbocycles. The van der Waals surface area contributed by atoms with E-state index < -0.39 is 26.1 Å². The fourth-order valence-electron chi connectivity index (χ4n) is 0.328. The van der Waals surface area contributed by atoms with Crippen LogP contribution in [0.2, 0.25) is 0 Å². The number of carbonyl (C=O) groups is 1. The van der Waals surface area contributed by atoms with Crippen molar-refractivity contribution >= 4 is 13.8 Å². The standard InChI is InChI=1S/C3H8NO7P/c4-1(2(5)6)3(7)11-12(8,9)10/h1,3,7H,4H2,(H,5,6)(H2,8,9,10)/t1-,3+/m1/s1. The van der Waals surface area contributed by atoms with Crippen LogP contribution < -0.4 is 5.73 Å². The average molecular weight is 201 g/mol. The van der Waals surface area contributed by atoms with Crippen molar-refractivity contribution in [3.63, 3.8) is 0 Å². The third-order valence-electron chi connectivity index (χ3n) is 0.838. The second-order valence-corrected chi connectivity index (χ2v) is 3.04. The third kappa shape index (κ3) is 4.39. The van der Waals surface area contributed by atoms with Gasteiger partial charge in [-0.15, -0.1) is 0 Å². The first-order valence-corrected chi connectivity index (χ1v) is 4.17. The Balaban J connectivity index is 4.13. The van der Waals surface area contributed by atoms with E-state index in [0.717, 1.165) is 0 Å². The highest BCUT2D eigenvalue weighted by Gasteiger charge is 2.29. The van der Waals surface area contributed by atoms with Crippen molar-refractivity contribution in [2.24, 2.45) is 5.73 Å². The molecule has 0 amide bonds. The minimum atomic E-state index is -4.91. The van der Waals surface area contributed by atoms with Gasteiger partial charge in [0.15, 0.2) is 12.3 Å². The average Bonchev–Trinajstić information content (AvgIpc) is 1.82. The first kappa shape index (κ1) is 11.5. The zero-order chi connectivity index (χ0) is 9.94. The van der Waals surface area contributed by atoms with Crippen molar-refractivity contribution in [3.8, 4) is 0 Å². The zero-order valence-electron chi connectivity index (χ0n) is 5.69. The Morgan fingerprint density at radius 3 is 2.17 bits per heavy atom. The molecule has 9 heteroatoms. The summed E-state index contributed by atoms with van der Waals surface area (Å²) >= 11 is 0. The molecule has 0 aliphatic rings. The van der Waals surface area contributed by atoms with Crippen molar-refractivity contribution < 1.29 is 33.9 Å². The number of rotatable bonds is 4. The van der Waals surface area contributed by atoms with Gasteiger partial charge >= 0.3 is 13.8 Å². The highest BCUT2D eigenvalue weighted by molar-refractivity contribution is 7.46. The fourth-order valence-corrected chi connectivity index (χ4v) is 0.741. The van der Waals surface area contributed by atoms with E-state index in [2.05, 4.69) is 4.52 Å². The molecule has 0 aromatic carbocycles. The Labute approximate surface area is 66.8 Å². The summed E-state index contributed by atoms with van der Waals surface area (Å²) in [4.78, 5) is 26.2. The summed E-state index contributed by atoms with van der Waals surface area (Å²) in [5, 5.41) is 16.7. The van der Waals surface area contributed by atoms with Gasteiger partial charge in [0.05, 0.1) is 0 Å². The molecule has 0 fully saturated rings. The summed E-state index contributed by atoms with van der Waals surface area (Å²) in [5.74, 6) is -1.63. The fraction of sp³-hybridized carbons (Fsp3) is 0.667. The lowest BCUT2D eigenvalue weighted by atomic mass is 10.3. The number of carboxylic acids is 1. The third-order valence-corrected chi connectivity index (χ3v) is 1.33. The highest BCUT2D eigenvalue weighted by Crippen LogP contribution is 2.37. The molecular formula is C3H8NO7P. The van der Waals surface area contributed by atoms with Crippen LogP contribution in [0.15, 0.2) is 0 Å². The van der Waals surface area contributed by atoms with E-state index in [-0.39, 0.29) is 0 Å². The molecule has 8 nitrogen and oxygen atoms in total. The number of carboxylic acid groups (broad SMARTS) is 1. The first-order valence-electron chi connectivity index (χ1n) is 2.64. The Morgan fingerprint density at radius 1 is 1.50 bits per heavy atom. The Hall–Kier alpha value is -0.500. The molecule has 0 saturated carbocycles. The lowest BCUT2D eigenvalue weighted by Crippen LogP contribution is -2.42. The lowest BCUT2D eigenvalue weighted by Gasteiger charge is -2.15. The molecule has 0 aromatic rings. The van der Waals surface area contributed by atoms with Crippen molar-refractivity contribution in [1.82, 2.24) is 0 Å². The van der Waals surface area contributed by atoms with Crippen molar-refractivity contribution in [1.29, 1.82) is 0 Å². The Bertz CT molecular complexity index is 211. The normalized spacial score (nSPS) is 17.0. The van der Waals surface area contributed by atoms with Crippen LogP contribution in [0.25, 0.3) is 0 Å². The summed E-state index contributed by atoms with van der Waals surface area (Å²) in [6.07, 6.45) is -2.23. The molecule has 72 valence electrons. The molecule has 2 atom stereocenters. The molecule has 0 rings (SSSR count). The zero-order valence-corrected chi connectivity index (χ0v) is 6.59. The monoisotopic (exact) mass is 201 g/mol. The van der Waals surface area contributed by atoms with Gasteiger partial charge in [-0.05, 0) is 0 Å². The molecule has 0 spiro atoms. The van der Waals surface area contributed by atoms with Crippen LogP contribution in [-0.2, 0) is 13.9 Å². The maximum absolute atomic E-state index is 10.0. The summed E-state index contributed by atoms with van der Waals surface area (Å²) in [6, 6.07) is -1.89. The number of hydrogen-bond acceptors (Lipinski definition) is 5. The Morgan fingerprint density at radius 2 is 1.92 bits per heavy atom. The van der Waals surface area contributed by atoms with Gasteiger partial charge in [-0.2, -0.15) is 0 Å². The lowest BCUT2D eigenvalue weighted by molar-refractivity contribution is -0.148. The first-order chi connectivity index (χ1) is 5.24. The van der Waals surface area contributed by atoms with Crippen molar-refractivity contribution in [2.75, 3.05) is 0 Å². The van der Waals surface area contributed by atoms with E-state index in [9.17, 15) is 9.36 Å². The van der Waals surface area contributed by atoms with Gasteiger partial charge in [0.25, 0.3) is 0 Å². The van der Waals surface area contributed by atoms with Gasteiger partial charge < -0.3 is 25.7 Å². The molecule has 0 unspecified atom stereocenters. The van der Waals surface area contributed by atoms with E-state index in [0.29, 0.717) is 0 Å². The Kier molecular flexibility index (Phi) is 3.78. The van der Waals surface area contributed by atoms with Crippen LogP contribution in [0.1, 0.15) is 0 Å². The largest absolute Gasteiger partial charge is 0.480 e. The topological polar surface area (TPSA) is 150 Å². The number of hydrogen-bond donors (Lipinski definition) is 5. The number of aliphatic hydroxyl groups is 1. The minimum absolute atomic E-state index is 1.63. The van der Waals surface area contributed by atoms with E-state index >= 15 is 0 Å². The predicted octanol–water partition coefficient (Wildman–Crippen LogP) is -2.17. The van der Waals surface area contributed by atoms with Crippen LogP contribution in [-0.4, -0.2) is 38.3 Å². The number of nitrogens with two attached hydrogens (primary N) is 1. The van der Waals surface area contributed by atoms with Crippen molar-refractivity contribution in [3.05, 3.63) is 0 Å². The minimum Gasteiger partial charge on any atom is -0.480 e. The number of aliphatic hydroxyl groups excluding tert-OH is 1. The number of aliphatic carboxylic acids is 1.